The molecule has 0 aromatic heterocycles. The molecule has 1 aliphatic rings. The summed E-state index contributed by atoms with van der Waals surface area (Å²) in [5, 5.41) is 0. The molecule has 0 saturated carbocycles. The van der Waals surface area contributed by atoms with Crippen LogP contribution in [-0.2, 0) is 4.74 Å². The summed E-state index contributed by atoms with van der Waals surface area (Å²) >= 11 is 0. The molecule has 0 bridgehead atoms. The van der Waals surface area contributed by atoms with E-state index in [2.05, 4.69) is 65.4 Å². The van der Waals surface area contributed by atoms with Gasteiger partial charge in [-0.1, -0.05) is 13.8 Å². The van der Waals surface area contributed by atoms with E-state index in [1.165, 1.54) is 0 Å². The number of hydrogen-bond donors (Lipinski definition) is 1. The van der Waals surface area contributed by atoms with Gasteiger partial charge in [0.15, 0.2) is 0 Å². The third-order valence-corrected chi connectivity index (χ3v) is 4.60. The van der Waals surface area contributed by atoms with E-state index < -0.39 is 0 Å². The summed E-state index contributed by atoms with van der Waals surface area (Å²) in [5.41, 5.74) is 6.11. The van der Waals surface area contributed by atoms with E-state index in [4.69, 9.17) is 10.5 Å². The summed E-state index contributed by atoms with van der Waals surface area (Å²) in [4.78, 5) is 4.80. The van der Waals surface area contributed by atoms with E-state index in [1.807, 2.05) is 0 Å². The number of nitrogens with zero attached hydrogens (tertiary/aromatic N) is 2. The Morgan fingerprint density at radius 3 is 2.00 bits per heavy atom. The second kappa shape index (κ2) is 6.95. The van der Waals surface area contributed by atoms with Crippen molar-refractivity contribution in [2.24, 2.45) is 17.6 Å². The SMILES string of the molecule is CC(C)CN(CCN(C)C)CC1C(N)C(C)(C)OC1(C)C. The van der Waals surface area contributed by atoms with Crippen molar-refractivity contribution in [3.05, 3.63) is 0 Å². The van der Waals surface area contributed by atoms with Gasteiger partial charge in [-0.15, -0.1) is 0 Å². The molecule has 0 aromatic rings. The van der Waals surface area contributed by atoms with Crippen molar-refractivity contribution < 1.29 is 4.74 Å². The van der Waals surface area contributed by atoms with Crippen molar-refractivity contribution >= 4 is 0 Å². The minimum Gasteiger partial charge on any atom is -0.368 e. The van der Waals surface area contributed by atoms with Crippen LogP contribution < -0.4 is 5.73 Å². The first-order valence-corrected chi connectivity index (χ1v) is 8.28. The van der Waals surface area contributed by atoms with Crippen molar-refractivity contribution in [2.75, 3.05) is 40.3 Å². The lowest BCUT2D eigenvalue weighted by molar-refractivity contribution is -0.0786. The van der Waals surface area contributed by atoms with E-state index in [9.17, 15) is 0 Å². The summed E-state index contributed by atoms with van der Waals surface area (Å²) in [6.07, 6.45) is 0. The second-order valence-electron chi connectivity index (χ2n) is 8.40. The van der Waals surface area contributed by atoms with Gasteiger partial charge in [-0.05, 0) is 47.7 Å². The van der Waals surface area contributed by atoms with Gasteiger partial charge in [0.25, 0.3) is 0 Å². The molecule has 1 rings (SSSR count). The van der Waals surface area contributed by atoms with Gasteiger partial charge in [-0.3, -0.25) is 0 Å². The molecule has 4 nitrogen and oxygen atoms in total. The van der Waals surface area contributed by atoms with Crippen LogP contribution >= 0.6 is 0 Å². The van der Waals surface area contributed by atoms with Crippen LogP contribution in [0.3, 0.4) is 0 Å². The average Bonchev–Trinajstić information content (AvgIpc) is 2.43. The number of rotatable bonds is 7. The quantitative estimate of drug-likeness (QED) is 0.781. The zero-order chi connectivity index (χ0) is 16.4. The lowest BCUT2D eigenvalue weighted by Crippen LogP contribution is -2.49. The number of ether oxygens (including phenoxy) is 1. The minimum atomic E-state index is -0.237. The van der Waals surface area contributed by atoms with Crippen LogP contribution in [0.5, 0.6) is 0 Å². The van der Waals surface area contributed by atoms with Gasteiger partial charge in [0.2, 0.25) is 0 Å². The fraction of sp³-hybridized carbons (Fsp3) is 1.00. The summed E-state index contributed by atoms with van der Waals surface area (Å²) in [6, 6.07) is 0.0847. The van der Waals surface area contributed by atoms with Gasteiger partial charge < -0.3 is 20.3 Å². The van der Waals surface area contributed by atoms with Crippen LogP contribution in [0.2, 0.25) is 0 Å². The van der Waals surface area contributed by atoms with E-state index in [0.29, 0.717) is 11.8 Å². The maximum absolute atomic E-state index is 6.51. The summed E-state index contributed by atoms with van der Waals surface area (Å²) in [6.45, 7) is 17.5. The fourth-order valence-electron chi connectivity index (χ4n) is 3.47. The van der Waals surface area contributed by atoms with Crippen molar-refractivity contribution in [2.45, 2.75) is 58.8 Å². The van der Waals surface area contributed by atoms with Crippen LogP contribution in [-0.4, -0.2) is 67.3 Å². The summed E-state index contributed by atoms with van der Waals surface area (Å²) in [7, 11) is 4.26. The fourth-order valence-corrected chi connectivity index (χ4v) is 3.47. The highest BCUT2D eigenvalue weighted by Crippen LogP contribution is 2.41. The van der Waals surface area contributed by atoms with Gasteiger partial charge >= 0.3 is 0 Å². The summed E-state index contributed by atoms with van der Waals surface area (Å²) < 4.78 is 6.23. The molecule has 21 heavy (non-hydrogen) atoms. The van der Waals surface area contributed by atoms with E-state index >= 15 is 0 Å². The molecular weight excluding hydrogens is 262 g/mol. The van der Waals surface area contributed by atoms with E-state index in [1.54, 1.807) is 0 Å². The van der Waals surface area contributed by atoms with Gasteiger partial charge in [0.1, 0.15) is 0 Å². The molecule has 2 unspecified atom stereocenters. The van der Waals surface area contributed by atoms with Crippen LogP contribution in [0.25, 0.3) is 0 Å². The third kappa shape index (κ3) is 5.20. The van der Waals surface area contributed by atoms with Crippen LogP contribution in [0, 0.1) is 11.8 Å². The Balaban J connectivity index is 2.76. The molecule has 1 heterocycles. The molecule has 2 atom stereocenters. The van der Waals surface area contributed by atoms with Crippen molar-refractivity contribution in [1.29, 1.82) is 0 Å². The smallest absolute Gasteiger partial charge is 0.0788 e. The molecule has 0 aromatic carbocycles. The number of hydrogen-bond acceptors (Lipinski definition) is 4. The normalized spacial score (nSPS) is 28.0. The summed E-state index contributed by atoms with van der Waals surface area (Å²) in [5.74, 6) is 1.04. The topological polar surface area (TPSA) is 41.7 Å². The van der Waals surface area contributed by atoms with Gasteiger partial charge in [-0.25, -0.2) is 0 Å². The largest absolute Gasteiger partial charge is 0.368 e. The van der Waals surface area contributed by atoms with Crippen LogP contribution in [0.15, 0.2) is 0 Å². The molecule has 0 radical (unpaired) electrons. The van der Waals surface area contributed by atoms with Crippen molar-refractivity contribution in [3.8, 4) is 0 Å². The Bertz CT molecular complexity index is 326. The number of likely N-dealkylation sites (N-methyl/N-ethyl adjacent to an activating group) is 1. The second-order valence-corrected chi connectivity index (χ2v) is 8.40. The zero-order valence-electron chi connectivity index (χ0n) is 15.4. The Labute approximate surface area is 132 Å². The highest BCUT2D eigenvalue weighted by molar-refractivity contribution is 5.04. The van der Waals surface area contributed by atoms with Crippen molar-refractivity contribution in [3.63, 3.8) is 0 Å². The Kier molecular flexibility index (Phi) is 6.25. The molecule has 0 amide bonds. The maximum atomic E-state index is 6.51. The first-order valence-electron chi connectivity index (χ1n) is 8.28. The maximum Gasteiger partial charge on any atom is 0.0788 e. The monoisotopic (exact) mass is 299 g/mol. The Morgan fingerprint density at radius 1 is 1.05 bits per heavy atom. The standard InChI is InChI=1S/C17H37N3O/c1-13(2)11-20(10-9-19(7)8)12-14-15(18)17(5,6)21-16(14,3)4/h13-15H,9-12,18H2,1-8H3. The third-order valence-electron chi connectivity index (χ3n) is 4.60. The van der Waals surface area contributed by atoms with E-state index in [-0.39, 0.29) is 17.2 Å². The Morgan fingerprint density at radius 2 is 1.62 bits per heavy atom. The molecule has 1 saturated heterocycles. The first kappa shape index (κ1) is 18.9. The van der Waals surface area contributed by atoms with E-state index in [0.717, 1.165) is 26.2 Å². The lowest BCUT2D eigenvalue weighted by atomic mass is 9.82. The molecule has 2 N–H and O–H groups in total. The minimum absolute atomic E-state index is 0.0847. The van der Waals surface area contributed by atoms with Gasteiger partial charge in [-0.2, -0.15) is 0 Å². The molecule has 0 spiro atoms. The molecular formula is C17H37N3O. The predicted molar refractivity (Wildman–Crippen MR) is 90.5 cm³/mol. The first-order chi connectivity index (χ1) is 9.45. The highest BCUT2D eigenvalue weighted by Gasteiger charge is 2.52. The molecule has 1 aliphatic heterocycles. The van der Waals surface area contributed by atoms with Crippen LogP contribution in [0.1, 0.15) is 41.5 Å². The van der Waals surface area contributed by atoms with Gasteiger partial charge in [0, 0.05) is 38.1 Å². The highest BCUT2D eigenvalue weighted by atomic mass is 16.5. The lowest BCUT2D eigenvalue weighted by Gasteiger charge is -2.34. The molecule has 1 fully saturated rings. The van der Waals surface area contributed by atoms with Crippen molar-refractivity contribution in [1.82, 2.24) is 9.80 Å². The molecule has 0 aliphatic carbocycles. The van der Waals surface area contributed by atoms with Gasteiger partial charge in [0.05, 0.1) is 11.2 Å². The predicted octanol–water partition coefficient (Wildman–Crippen LogP) is 2.04. The zero-order valence-corrected chi connectivity index (χ0v) is 15.4. The average molecular weight is 300 g/mol. The number of nitrogens with two attached hydrogens (primary N) is 1. The van der Waals surface area contributed by atoms with Crippen LogP contribution in [0.4, 0.5) is 0 Å². The molecule has 4 heteroatoms. The molecule has 126 valence electrons. The Hall–Kier alpha value is -0.160.